The Morgan fingerprint density at radius 3 is 2.70 bits per heavy atom. The van der Waals surface area contributed by atoms with Gasteiger partial charge in [-0.3, -0.25) is 0 Å². The largest absolute Gasteiger partial charge is 0.465 e. The Bertz CT molecular complexity index is 687. The van der Waals surface area contributed by atoms with E-state index in [1.165, 1.54) is 7.11 Å². The van der Waals surface area contributed by atoms with Gasteiger partial charge in [0.15, 0.2) is 0 Å². The molecule has 0 saturated carbocycles. The number of hydrogen-bond acceptors (Lipinski definition) is 4. The van der Waals surface area contributed by atoms with E-state index in [-0.39, 0.29) is 0 Å². The number of rotatable bonds is 3. The molecule has 0 aliphatic heterocycles. The van der Waals surface area contributed by atoms with Crippen molar-refractivity contribution >= 4 is 5.97 Å². The molecular formula is C16H14N2O2. The van der Waals surface area contributed by atoms with E-state index >= 15 is 0 Å². The van der Waals surface area contributed by atoms with E-state index in [1.54, 1.807) is 30.3 Å². The number of ether oxygens (including phenoxy) is 1. The van der Waals surface area contributed by atoms with E-state index < -0.39 is 5.97 Å². The van der Waals surface area contributed by atoms with E-state index in [4.69, 9.17) is 15.7 Å². The summed E-state index contributed by atoms with van der Waals surface area (Å²) < 4.78 is 4.74. The van der Waals surface area contributed by atoms with Crippen LogP contribution in [0.4, 0.5) is 0 Å². The van der Waals surface area contributed by atoms with Crippen LogP contribution in [0.5, 0.6) is 0 Å². The second-order valence-corrected chi connectivity index (χ2v) is 4.31. The molecule has 0 heterocycles. The van der Waals surface area contributed by atoms with Crippen LogP contribution in [-0.2, 0) is 11.3 Å². The number of nitrogens with two attached hydrogens (primary N) is 1. The lowest BCUT2D eigenvalue weighted by molar-refractivity contribution is 0.0600. The average molecular weight is 266 g/mol. The predicted molar refractivity (Wildman–Crippen MR) is 75.8 cm³/mol. The van der Waals surface area contributed by atoms with E-state index in [0.717, 1.165) is 16.7 Å². The minimum Gasteiger partial charge on any atom is -0.465 e. The first kappa shape index (κ1) is 13.8. The monoisotopic (exact) mass is 266 g/mol. The molecule has 4 heteroatoms. The second-order valence-electron chi connectivity index (χ2n) is 4.31. The lowest BCUT2D eigenvalue weighted by Crippen LogP contribution is -2.04. The van der Waals surface area contributed by atoms with Crippen molar-refractivity contribution < 1.29 is 9.53 Å². The maximum atomic E-state index is 11.7. The van der Waals surface area contributed by atoms with Crippen molar-refractivity contribution in [1.29, 1.82) is 5.26 Å². The van der Waals surface area contributed by atoms with Gasteiger partial charge in [0, 0.05) is 6.54 Å². The summed E-state index contributed by atoms with van der Waals surface area (Å²) in [7, 11) is 1.34. The average Bonchev–Trinajstić information content (AvgIpc) is 2.53. The number of methoxy groups -OCH3 is 1. The maximum Gasteiger partial charge on any atom is 0.337 e. The molecule has 0 fully saturated rings. The molecule has 0 radical (unpaired) electrons. The number of carbonyl (C=O) groups excluding carboxylic acids is 1. The number of nitrogens with zero attached hydrogens (tertiary/aromatic N) is 1. The molecule has 4 nitrogen and oxygen atoms in total. The second kappa shape index (κ2) is 6.00. The molecule has 0 bridgehead atoms. The summed E-state index contributed by atoms with van der Waals surface area (Å²) in [6.07, 6.45) is 0. The molecule has 0 saturated heterocycles. The first-order valence-electron chi connectivity index (χ1n) is 6.11. The van der Waals surface area contributed by atoms with Crippen molar-refractivity contribution in [2.75, 3.05) is 7.11 Å². The summed E-state index contributed by atoms with van der Waals surface area (Å²) in [5, 5.41) is 8.95. The molecule has 0 aliphatic rings. The molecule has 20 heavy (non-hydrogen) atoms. The van der Waals surface area contributed by atoms with Crippen molar-refractivity contribution in [2.45, 2.75) is 6.54 Å². The number of carbonyl (C=O) groups is 1. The summed E-state index contributed by atoms with van der Waals surface area (Å²) in [6.45, 7) is 0.329. The van der Waals surface area contributed by atoms with Crippen molar-refractivity contribution in [2.24, 2.45) is 5.73 Å². The number of esters is 1. The third-order valence-corrected chi connectivity index (χ3v) is 2.97. The summed E-state index contributed by atoms with van der Waals surface area (Å²) >= 11 is 0. The van der Waals surface area contributed by atoms with Gasteiger partial charge in [0.05, 0.1) is 24.3 Å². The molecule has 0 spiro atoms. The highest BCUT2D eigenvalue weighted by Crippen LogP contribution is 2.23. The molecule has 2 rings (SSSR count). The lowest BCUT2D eigenvalue weighted by atomic mass is 9.98. The van der Waals surface area contributed by atoms with Crippen LogP contribution >= 0.6 is 0 Å². The Morgan fingerprint density at radius 2 is 2.05 bits per heavy atom. The SMILES string of the molecule is COC(=O)c1cc(CN)cc(-c2cccc(C#N)c2)c1. The van der Waals surface area contributed by atoms with Crippen molar-refractivity contribution in [3.05, 3.63) is 59.2 Å². The molecule has 0 unspecified atom stereocenters. The summed E-state index contributed by atoms with van der Waals surface area (Å²) in [4.78, 5) is 11.7. The highest BCUT2D eigenvalue weighted by molar-refractivity contribution is 5.91. The van der Waals surface area contributed by atoms with Gasteiger partial charge in [0.25, 0.3) is 0 Å². The van der Waals surface area contributed by atoms with Gasteiger partial charge in [0.1, 0.15) is 0 Å². The zero-order valence-electron chi connectivity index (χ0n) is 11.1. The molecule has 0 atom stereocenters. The van der Waals surface area contributed by atoms with E-state index in [0.29, 0.717) is 17.7 Å². The summed E-state index contributed by atoms with van der Waals surface area (Å²) in [6, 6.07) is 14.7. The predicted octanol–water partition coefficient (Wildman–Crippen LogP) is 2.47. The third-order valence-electron chi connectivity index (χ3n) is 2.97. The Balaban J connectivity index is 2.55. The van der Waals surface area contributed by atoms with E-state index in [2.05, 4.69) is 6.07 Å². The Hall–Kier alpha value is -2.64. The van der Waals surface area contributed by atoms with Crippen LogP contribution in [0.25, 0.3) is 11.1 Å². The standard InChI is InChI=1S/C16H14N2O2/c1-20-16(19)15-7-12(10-18)6-14(8-15)13-4-2-3-11(5-13)9-17/h2-8H,10,18H2,1H3. The van der Waals surface area contributed by atoms with Crippen LogP contribution in [0.1, 0.15) is 21.5 Å². The van der Waals surface area contributed by atoms with Gasteiger partial charge in [0.2, 0.25) is 0 Å². The summed E-state index contributed by atoms with van der Waals surface area (Å²) in [5.74, 6) is -0.405. The van der Waals surface area contributed by atoms with Crippen LogP contribution in [0.2, 0.25) is 0 Å². The zero-order valence-corrected chi connectivity index (χ0v) is 11.1. The molecule has 0 aromatic heterocycles. The van der Waals surface area contributed by atoms with Gasteiger partial charge in [-0.1, -0.05) is 12.1 Å². The van der Waals surface area contributed by atoms with Crippen molar-refractivity contribution in [1.82, 2.24) is 0 Å². The smallest absolute Gasteiger partial charge is 0.337 e. The van der Waals surface area contributed by atoms with Crippen LogP contribution in [0.3, 0.4) is 0 Å². The van der Waals surface area contributed by atoms with E-state index in [1.807, 2.05) is 12.1 Å². The Kier molecular flexibility index (Phi) is 4.14. The first-order chi connectivity index (χ1) is 9.67. The molecule has 0 amide bonds. The zero-order chi connectivity index (χ0) is 14.5. The third kappa shape index (κ3) is 2.85. The van der Waals surface area contributed by atoms with Crippen LogP contribution in [-0.4, -0.2) is 13.1 Å². The fourth-order valence-corrected chi connectivity index (χ4v) is 1.98. The minimum absolute atomic E-state index is 0.329. The normalized spacial score (nSPS) is 9.85. The number of nitriles is 1. The van der Waals surface area contributed by atoms with Crippen molar-refractivity contribution in [3.63, 3.8) is 0 Å². The topological polar surface area (TPSA) is 76.1 Å². The Morgan fingerprint density at radius 1 is 1.25 bits per heavy atom. The molecular weight excluding hydrogens is 252 g/mol. The fraction of sp³-hybridized carbons (Fsp3) is 0.125. The van der Waals surface area contributed by atoms with Crippen LogP contribution in [0.15, 0.2) is 42.5 Å². The van der Waals surface area contributed by atoms with Crippen LogP contribution < -0.4 is 5.73 Å². The molecule has 0 aliphatic carbocycles. The van der Waals surface area contributed by atoms with Gasteiger partial charge in [-0.05, 0) is 47.0 Å². The molecule has 100 valence electrons. The number of benzene rings is 2. The van der Waals surface area contributed by atoms with E-state index in [9.17, 15) is 4.79 Å². The van der Waals surface area contributed by atoms with Gasteiger partial charge in [-0.15, -0.1) is 0 Å². The maximum absolute atomic E-state index is 11.7. The fourth-order valence-electron chi connectivity index (χ4n) is 1.98. The van der Waals surface area contributed by atoms with Gasteiger partial charge in [-0.25, -0.2) is 4.79 Å². The van der Waals surface area contributed by atoms with Crippen molar-refractivity contribution in [3.8, 4) is 17.2 Å². The minimum atomic E-state index is -0.405. The molecule has 2 aromatic rings. The van der Waals surface area contributed by atoms with Crippen LogP contribution in [0, 0.1) is 11.3 Å². The number of hydrogen-bond donors (Lipinski definition) is 1. The molecule has 2 aromatic carbocycles. The van der Waals surface area contributed by atoms with Gasteiger partial charge in [-0.2, -0.15) is 5.26 Å². The highest BCUT2D eigenvalue weighted by Gasteiger charge is 2.10. The first-order valence-corrected chi connectivity index (χ1v) is 6.11. The Labute approximate surface area is 117 Å². The summed E-state index contributed by atoms with van der Waals surface area (Å²) in [5.41, 5.74) is 9.22. The highest BCUT2D eigenvalue weighted by atomic mass is 16.5. The van der Waals surface area contributed by atoms with Gasteiger partial charge < -0.3 is 10.5 Å². The lowest BCUT2D eigenvalue weighted by Gasteiger charge is -2.08. The quantitative estimate of drug-likeness (QED) is 0.866. The molecule has 2 N–H and O–H groups in total. The van der Waals surface area contributed by atoms with Gasteiger partial charge >= 0.3 is 5.97 Å².